The van der Waals surface area contributed by atoms with Gasteiger partial charge in [-0.2, -0.15) is 5.53 Å². The van der Waals surface area contributed by atoms with Crippen LogP contribution in [0.4, 0.5) is 0 Å². The molecular weight excluding hydrogens is 186 g/mol. The monoisotopic (exact) mass is 211 g/mol. The molecule has 0 aromatic rings. The minimum absolute atomic E-state index is 0.701. The quantitative estimate of drug-likeness (QED) is 0.556. The van der Waals surface area contributed by atoms with Crippen molar-refractivity contribution in [2.45, 2.75) is 76.3 Å². The van der Waals surface area contributed by atoms with Crippen LogP contribution in [0.1, 0.15) is 64.2 Å². The molecule has 3 nitrogen and oxygen atoms in total. The van der Waals surface area contributed by atoms with Crippen LogP contribution >= 0.6 is 0 Å². The van der Waals surface area contributed by atoms with Crippen LogP contribution < -0.4 is 11.4 Å². The Kier molecular flexibility index (Phi) is 4.42. The lowest BCUT2D eigenvalue weighted by atomic mass is 9.90. The number of hydrogen-bond donors (Lipinski definition) is 2. The normalized spacial score (nSPS) is 26.0. The predicted octanol–water partition coefficient (Wildman–Crippen LogP) is 2.33. The Morgan fingerprint density at radius 1 is 0.733 bits per heavy atom. The van der Waals surface area contributed by atoms with Crippen molar-refractivity contribution < 1.29 is 0 Å². The molecule has 0 saturated heterocycles. The second-order valence-corrected chi connectivity index (χ2v) is 5.12. The first-order valence-electron chi connectivity index (χ1n) is 6.66. The number of rotatable bonds is 3. The average molecular weight is 211 g/mol. The lowest BCUT2D eigenvalue weighted by Gasteiger charge is -2.40. The van der Waals surface area contributed by atoms with E-state index in [0.29, 0.717) is 12.1 Å². The van der Waals surface area contributed by atoms with Crippen LogP contribution in [0.2, 0.25) is 0 Å². The SMILES string of the molecule is NNN(C1CCCCC1)C1CCCCC1. The van der Waals surface area contributed by atoms with E-state index in [0.717, 1.165) is 0 Å². The van der Waals surface area contributed by atoms with Gasteiger partial charge in [0, 0.05) is 12.1 Å². The van der Waals surface area contributed by atoms with Gasteiger partial charge in [0.05, 0.1) is 0 Å². The largest absolute Gasteiger partial charge is 0.258 e. The molecule has 0 atom stereocenters. The fraction of sp³-hybridized carbons (Fsp3) is 1.00. The number of hydrogen-bond acceptors (Lipinski definition) is 3. The number of hydrazine groups is 2. The minimum atomic E-state index is 0.701. The van der Waals surface area contributed by atoms with E-state index in [1.165, 1.54) is 64.2 Å². The second-order valence-electron chi connectivity index (χ2n) is 5.12. The summed E-state index contributed by atoms with van der Waals surface area (Å²) in [5.74, 6) is 5.71. The first-order valence-corrected chi connectivity index (χ1v) is 6.66. The van der Waals surface area contributed by atoms with E-state index < -0.39 is 0 Å². The maximum atomic E-state index is 5.71. The van der Waals surface area contributed by atoms with Crippen molar-refractivity contribution in [1.29, 1.82) is 0 Å². The molecule has 0 unspecified atom stereocenters. The standard InChI is InChI=1S/C12H25N3/c13-14-15(11-7-3-1-4-8-11)12-9-5-2-6-10-12/h11-12,14H,1-10,13H2. The van der Waals surface area contributed by atoms with Crippen LogP contribution in [-0.2, 0) is 0 Å². The van der Waals surface area contributed by atoms with Gasteiger partial charge in [-0.05, 0) is 25.7 Å². The summed E-state index contributed by atoms with van der Waals surface area (Å²) in [6, 6.07) is 1.40. The zero-order chi connectivity index (χ0) is 10.5. The van der Waals surface area contributed by atoms with Crippen molar-refractivity contribution in [1.82, 2.24) is 10.5 Å². The van der Waals surface area contributed by atoms with Crippen molar-refractivity contribution in [2.24, 2.45) is 5.84 Å². The van der Waals surface area contributed by atoms with Crippen molar-refractivity contribution in [3.63, 3.8) is 0 Å². The molecule has 3 N–H and O–H groups in total. The van der Waals surface area contributed by atoms with Crippen LogP contribution in [0, 0.1) is 0 Å². The molecule has 2 saturated carbocycles. The molecule has 3 heteroatoms. The van der Waals surface area contributed by atoms with Gasteiger partial charge >= 0.3 is 0 Å². The predicted molar refractivity (Wildman–Crippen MR) is 62.9 cm³/mol. The zero-order valence-corrected chi connectivity index (χ0v) is 9.75. The van der Waals surface area contributed by atoms with E-state index in [9.17, 15) is 0 Å². The molecule has 2 aliphatic rings. The number of nitrogens with zero attached hydrogens (tertiary/aromatic N) is 1. The highest BCUT2D eigenvalue weighted by Crippen LogP contribution is 2.28. The van der Waals surface area contributed by atoms with E-state index in [1.54, 1.807) is 0 Å². The summed E-state index contributed by atoms with van der Waals surface area (Å²) in [7, 11) is 0. The van der Waals surface area contributed by atoms with E-state index >= 15 is 0 Å². The maximum Gasteiger partial charge on any atom is 0.0259 e. The highest BCUT2D eigenvalue weighted by Gasteiger charge is 2.27. The Balaban J connectivity index is 1.88. The molecule has 2 rings (SSSR count). The molecule has 0 bridgehead atoms. The summed E-state index contributed by atoms with van der Waals surface area (Å²) in [6.07, 6.45) is 13.7. The molecule has 88 valence electrons. The first-order chi connectivity index (χ1) is 7.42. The molecule has 0 radical (unpaired) electrons. The third kappa shape index (κ3) is 2.92. The highest BCUT2D eigenvalue weighted by molar-refractivity contribution is 4.80. The molecule has 0 amide bonds. The van der Waals surface area contributed by atoms with Gasteiger partial charge < -0.3 is 0 Å². The summed E-state index contributed by atoms with van der Waals surface area (Å²) >= 11 is 0. The summed E-state index contributed by atoms with van der Waals surface area (Å²) in [4.78, 5) is 0. The summed E-state index contributed by atoms with van der Waals surface area (Å²) < 4.78 is 0. The van der Waals surface area contributed by atoms with Crippen molar-refractivity contribution in [2.75, 3.05) is 0 Å². The fourth-order valence-corrected chi connectivity index (χ4v) is 3.23. The van der Waals surface area contributed by atoms with Crippen LogP contribution in [-0.4, -0.2) is 17.1 Å². The minimum Gasteiger partial charge on any atom is -0.258 e. The Bertz CT molecular complexity index is 154. The summed E-state index contributed by atoms with van der Waals surface area (Å²) in [6.45, 7) is 0. The Morgan fingerprint density at radius 3 is 1.47 bits per heavy atom. The maximum absolute atomic E-state index is 5.71. The van der Waals surface area contributed by atoms with E-state index in [-0.39, 0.29) is 0 Å². The molecule has 0 aromatic heterocycles. The Labute approximate surface area is 93.3 Å². The molecule has 2 aliphatic carbocycles. The molecule has 15 heavy (non-hydrogen) atoms. The van der Waals surface area contributed by atoms with Gasteiger partial charge in [-0.3, -0.25) is 5.84 Å². The second kappa shape index (κ2) is 5.83. The third-order valence-electron chi connectivity index (χ3n) is 4.09. The van der Waals surface area contributed by atoms with Crippen LogP contribution in [0.25, 0.3) is 0 Å². The Hall–Kier alpha value is -0.120. The molecular formula is C12H25N3. The molecule has 0 aromatic carbocycles. The van der Waals surface area contributed by atoms with E-state index in [4.69, 9.17) is 5.84 Å². The van der Waals surface area contributed by atoms with Gasteiger partial charge in [-0.15, -0.1) is 0 Å². The third-order valence-corrected chi connectivity index (χ3v) is 4.09. The highest BCUT2D eigenvalue weighted by atomic mass is 15.6. The van der Waals surface area contributed by atoms with Crippen molar-refractivity contribution in [3.05, 3.63) is 0 Å². The van der Waals surface area contributed by atoms with Crippen molar-refractivity contribution >= 4 is 0 Å². The number of nitrogens with two attached hydrogens (primary N) is 1. The molecule has 0 spiro atoms. The van der Waals surface area contributed by atoms with E-state index in [2.05, 4.69) is 10.5 Å². The van der Waals surface area contributed by atoms with Gasteiger partial charge in [0.2, 0.25) is 0 Å². The molecule has 2 fully saturated rings. The van der Waals surface area contributed by atoms with Gasteiger partial charge in [0.1, 0.15) is 0 Å². The Morgan fingerprint density at radius 2 is 1.13 bits per heavy atom. The average Bonchev–Trinajstić information content (AvgIpc) is 2.33. The molecule has 0 heterocycles. The van der Waals surface area contributed by atoms with Crippen LogP contribution in [0.15, 0.2) is 0 Å². The lowest BCUT2D eigenvalue weighted by molar-refractivity contribution is 0.0292. The summed E-state index contributed by atoms with van der Waals surface area (Å²) in [5.41, 5.74) is 2.97. The summed E-state index contributed by atoms with van der Waals surface area (Å²) in [5, 5.41) is 2.37. The first kappa shape index (κ1) is 11.4. The van der Waals surface area contributed by atoms with E-state index in [1.807, 2.05) is 0 Å². The molecule has 0 aliphatic heterocycles. The van der Waals surface area contributed by atoms with Gasteiger partial charge in [-0.1, -0.05) is 38.5 Å². The smallest absolute Gasteiger partial charge is 0.0259 e. The van der Waals surface area contributed by atoms with Crippen LogP contribution in [0.5, 0.6) is 0 Å². The van der Waals surface area contributed by atoms with Gasteiger partial charge in [0.15, 0.2) is 0 Å². The van der Waals surface area contributed by atoms with Crippen molar-refractivity contribution in [3.8, 4) is 0 Å². The zero-order valence-electron chi connectivity index (χ0n) is 9.75. The van der Waals surface area contributed by atoms with Gasteiger partial charge in [-0.25, -0.2) is 5.01 Å². The topological polar surface area (TPSA) is 41.3 Å². The number of nitrogens with one attached hydrogen (secondary N) is 1. The van der Waals surface area contributed by atoms with Gasteiger partial charge in [0.25, 0.3) is 0 Å². The fourth-order valence-electron chi connectivity index (χ4n) is 3.23. The van der Waals surface area contributed by atoms with Crippen LogP contribution in [0.3, 0.4) is 0 Å². The lowest BCUT2D eigenvalue weighted by Crippen LogP contribution is -2.55.